The molecule has 104 valence electrons. The van der Waals surface area contributed by atoms with Gasteiger partial charge in [0.05, 0.1) is 12.5 Å². The van der Waals surface area contributed by atoms with Crippen LogP contribution in [-0.2, 0) is 9.59 Å². The Bertz CT molecular complexity index is 447. The van der Waals surface area contributed by atoms with Crippen LogP contribution < -0.4 is 16.0 Å². The summed E-state index contributed by atoms with van der Waals surface area (Å²) in [4.78, 5) is 23.0. The molecule has 0 atom stereocenters. The first-order chi connectivity index (χ1) is 8.65. The molecular weight excluding hydrogens is 289 g/mol. The molecule has 1 aromatic carbocycles. The lowest BCUT2D eigenvalue weighted by molar-refractivity contribution is -0.128. The van der Waals surface area contributed by atoms with Crippen LogP contribution in [0.2, 0.25) is 5.02 Å². The molecule has 0 aliphatic carbocycles. The van der Waals surface area contributed by atoms with Gasteiger partial charge in [-0.3, -0.25) is 9.59 Å². The molecule has 0 unspecified atom stereocenters. The van der Waals surface area contributed by atoms with Crippen molar-refractivity contribution >= 4 is 41.5 Å². The third-order valence-corrected chi connectivity index (χ3v) is 2.96. The second-order valence-electron chi connectivity index (χ2n) is 4.13. The van der Waals surface area contributed by atoms with E-state index in [1.807, 2.05) is 0 Å². The second kappa shape index (κ2) is 7.33. The summed E-state index contributed by atoms with van der Waals surface area (Å²) in [6.45, 7) is 1.35. The summed E-state index contributed by atoms with van der Waals surface area (Å²) >= 11 is 5.73. The SMILES string of the molecule is Cl.O=C(CNC(=O)C1CNC1)Nc1ccc(Cl)cc1. The average Bonchev–Trinajstić information content (AvgIpc) is 2.27. The molecule has 3 N–H and O–H groups in total. The standard InChI is InChI=1S/C12H14ClN3O2.ClH/c13-9-1-3-10(4-2-9)16-11(17)7-15-12(18)8-5-14-6-8;/h1-4,8,14H,5-7H2,(H,15,18)(H,16,17);1H. The Labute approximate surface area is 122 Å². The summed E-state index contributed by atoms with van der Waals surface area (Å²) in [6.07, 6.45) is 0. The smallest absolute Gasteiger partial charge is 0.243 e. The number of anilines is 1. The molecule has 1 saturated heterocycles. The van der Waals surface area contributed by atoms with Crippen LogP contribution in [-0.4, -0.2) is 31.4 Å². The Morgan fingerprint density at radius 1 is 1.26 bits per heavy atom. The van der Waals surface area contributed by atoms with Crippen molar-refractivity contribution in [3.8, 4) is 0 Å². The topological polar surface area (TPSA) is 70.2 Å². The molecule has 2 amide bonds. The van der Waals surface area contributed by atoms with Crippen LogP contribution in [0.1, 0.15) is 0 Å². The fourth-order valence-electron chi connectivity index (χ4n) is 1.52. The van der Waals surface area contributed by atoms with Crippen molar-refractivity contribution in [2.45, 2.75) is 0 Å². The van der Waals surface area contributed by atoms with E-state index in [4.69, 9.17) is 11.6 Å². The van der Waals surface area contributed by atoms with E-state index in [2.05, 4.69) is 16.0 Å². The zero-order valence-corrected chi connectivity index (χ0v) is 11.7. The highest BCUT2D eigenvalue weighted by Crippen LogP contribution is 2.13. The summed E-state index contributed by atoms with van der Waals surface area (Å²) < 4.78 is 0. The molecule has 7 heteroatoms. The molecule has 0 spiro atoms. The molecule has 0 aromatic heterocycles. The molecule has 19 heavy (non-hydrogen) atoms. The first-order valence-electron chi connectivity index (χ1n) is 5.69. The van der Waals surface area contributed by atoms with Gasteiger partial charge >= 0.3 is 0 Å². The molecule has 1 aliphatic heterocycles. The zero-order chi connectivity index (χ0) is 13.0. The van der Waals surface area contributed by atoms with E-state index >= 15 is 0 Å². The number of benzene rings is 1. The zero-order valence-electron chi connectivity index (χ0n) is 10.1. The largest absolute Gasteiger partial charge is 0.347 e. The Balaban J connectivity index is 0.00000180. The van der Waals surface area contributed by atoms with Crippen molar-refractivity contribution in [3.63, 3.8) is 0 Å². The maximum absolute atomic E-state index is 11.6. The van der Waals surface area contributed by atoms with E-state index in [-0.39, 0.29) is 36.7 Å². The van der Waals surface area contributed by atoms with Crippen molar-refractivity contribution < 1.29 is 9.59 Å². The van der Waals surface area contributed by atoms with E-state index < -0.39 is 0 Å². The molecule has 1 aromatic rings. The van der Waals surface area contributed by atoms with E-state index in [1.165, 1.54) is 0 Å². The number of nitrogens with one attached hydrogen (secondary N) is 3. The predicted octanol–water partition coefficient (Wildman–Crippen LogP) is 1.04. The van der Waals surface area contributed by atoms with Gasteiger partial charge in [-0.2, -0.15) is 0 Å². The van der Waals surface area contributed by atoms with Gasteiger partial charge in [0.25, 0.3) is 0 Å². The van der Waals surface area contributed by atoms with Crippen LogP contribution >= 0.6 is 24.0 Å². The van der Waals surface area contributed by atoms with Gasteiger partial charge in [0.2, 0.25) is 11.8 Å². The number of rotatable bonds is 4. The minimum atomic E-state index is -0.252. The highest BCUT2D eigenvalue weighted by Gasteiger charge is 2.24. The Morgan fingerprint density at radius 3 is 2.42 bits per heavy atom. The van der Waals surface area contributed by atoms with Crippen molar-refractivity contribution in [1.82, 2.24) is 10.6 Å². The van der Waals surface area contributed by atoms with Gasteiger partial charge in [0.15, 0.2) is 0 Å². The number of amides is 2. The molecule has 1 aliphatic rings. The van der Waals surface area contributed by atoms with Crippen molar-refractivity contribution in [3.05, 3.63) is 29.3 Å². The highest BCUT2D eigenvalue weighted by atomic mass is 35.5. The summed E-state index contributed by atoms with van der Waals surface area (Å²) in [7, 11) is 0. The fourth-order valence-corrected chi connectivity index (χ4v) is 1.65. The van der Waals surface area contributed by atoms with Crippen LogP contribution in [0.3, 0.4) is 0 Å². The fraction of sp³-hybridized carbons (Fsp3) is 0.333. The van der Waals surface area contributed by atoms with Gasteiger partial charge in [-0.15, -0.1) is 12.4 Å². The molecule has 0 saturated carbocycles. The van der Waals surface area contributed by atoms with Crippen LogP contribution in [0.4, 0.5) is 5.69 Å². The van der Waals surface area contributed by atoms with Crippen molar-refractivity contribution in [1.29, 1.82) is 0 Å². The summed E-state index contributed by atoms with van der Waals surface area (Å²) in [5, 5.41) is 8.88. The summed E-state index contributed by atoms with van der Waals surface area (Å²) in [5.41, 5.74) is 0.656. The minimum absolute atomic E-state index is 0. The quantitative estimate of drug-likeness (QED) is 0.778. The highest BCUT2D eigenvalue weighted by molar-refractivity contribution is 6.30. The van der Waals surface area contributed by atoms with Gasteiger partial charge in [0, 0.05) is 23.8 Å². The van der Waals surface area contributed by atoms with E-state index in [0.717, 1.165) is 0 Å². The maximum atomic E-state index is 11.6. The lowest BCUT2D eigenvalue weighted by atomic mass is 10.0. The van der Waals surface area contributed by atoms with Crippen molar-refractivity contribution in [2.24, 2.45) is 5.92 Å². The predicted molar refractivity (Wildman–Crippen MR) is 76.7 cm³/mol. The van der Waals surface area contributed by atoms with Crippen LogP contribution in [0, 0.1) is 5.92 Å². The molecule has 1 heterocycles. The normalized spacial score (nSPS) is 13.9. The van der Waals surface area contributed by atoms with Crippen LogP contribution in [0.25, 0.3) is 0 Å². The second-order valence-corrected chi connectivity index (χ2v) is 4.56. The maximum Gasteiger partial charge on any atom is 0.243 e. The molecule has 1 fully saturated rings. The third kappa shape index (κ3) is 4.70. The first kappa shape index (κ1) is 15.8. The molecular formula is C12H15Cl2N3O2. The number of carbonyl (C=O) groups is 2. The number of hydrogen-bond donors (Lipinski definition) is 3. The molecule has 2 rings (SSSR count). The molecule has 0 radical (unpaired) electrons. The molecule has 0 bridgehead atoms. The van der Waals surface area contributed by atoms with E-state index in [1.54, 1.807) is 24.3 Å². The molecule has 5 nitrogen and oxygen atoms in total. The van der Waals surface area contributed by atoms with E-state index in [9.17, 15) is 9.59 Å². The Kier molecular flexibility index (Phi) is 6.08. The van der Waals surface area contributed by atoms with Gasteiger partial charge in [-0.05, 0) is 24.3 Å². The first-order valence-corrected chi connectivity index (χ1v) is 6.07. The van der Waals surface area contributed by atoms with Gasteiger partial charge in [0.1, 0.15) is 0 Å². The third-order valence-electron chi connectivity index (χ3n) is 2.70. The number of halogens is 2. The van der Waals surface area contributed by atoms with Gasteiger partial charge < -0.3 is 16.0 Å². The Hall–Kier alpha value is -1.30. The van der Waals surface area contributed by atoms with Gasteiger partial charge in [-0.1, -0.05) is 11.6 Å². The summed E-state index contributed by atoms with van der Waals surface area (Å²) in [5.74, 6) is -0.341. The van der Waals surface area contributed by atoms with Crippen LogP contribution in [0.15, 0.2) is 24.3 Å². The van der Waals surface area contributed by atoms with Gasteiger partial charge in [-0.25, -0.2) is 0 Å². The lowest BCUT2D eigenvalue weighted by Gasteiger charge is -2.25. The summed E-state index contributed by atoms with van der Waals surface area (Å²) in [6, 6.07) is 6.79. The van der Waals surface area contributed by atoms with E-state index in [0.29, 0.717) is 23.8 Å². The number of hydrogen-bond acceptors (Lipinski definition) is 3. The van der Waals surface area contributed by atoms with Crippen LogP contribution in [0.5, 0.6) is 0 Å². The number of carbonyl (C=O) groups excluding carboxylic acids is 2. The lowest BCUT2D eigenvalue weighted by Crippen LogP contribution is -2.51. The monoisotopic (exact) mass is 303 g/mol. The van der Waals surface area contributed by atoms with Crippen molar-refractivity contribution in [2.75, 3.05) is 25.0 Å². The Morgan fingerprint density at radius 2 is 1.89 bits per heavy atom. The minimum Gasteiger partial charge on any atom is -0.347 e. The average molecular weight is 304 g/mol.